The predicted molar refractivity (Wildman–Crippen MR) is 273 cm³/mol. The Morgan fingerprint density at radius 1 is 0.861 bits per heavy atom. The average molecular weight is 1090 g/mol. The van der Waals surface area contributed by atoms with Gasteiger partial charge >= 0.3 is 11.9 Å². The molecule has 1 aliphatic carbocycles. The lowest BCUT2D eigenvalue weighted by molar-refractivity contribution is -0.172. The van der Waals surface area contributed by atoms with Crippen LogP contribution in [-0.4, -0.2) is 142 Å². The largest absolute Gasteiger partial charge is 0.480 e. The molecule has 2 aromatic carbocycles. The van der Waals surface area contributed by atoms with E-state index in [-0.39, 0.29) is 43.5 Å². The lowest BCUT2D eigenvalue weighted by Gasteiger charge is -2.31. The number of hydrogen-bond donors (Lipinski definition) is 9. The van der Waals surface area contributed by atoms with Gasteiger partial charge in [0.05, 0.1) is 61.2 Å². The minimum atomic E-state index is -2.07. The van der Waals surface area contributed by atoms with Gasteiger partial charge in [0.2, 0.25) is 35.4 Å². The van der Waals surface area contributed by atoms with Gasteiger partial charge in [-0.15, -0.1) is 0 Å². The quantitative estimate of drug-likeness (QED) is 0.0205. The average Bonchev–Trinajstić information content (AvgIpc) is 4.24. The van der Waals surface area contributed by atoms with E-state index in [1.807, 2.05) is 0 Å². The van der Waals surface area contributed by atoms with Gasteiger partial charge < -0.3 is 61.5 Å². The molecule has 4 aliphatic rings. The van der Waals surface area contributed by atoms with Crippen LogP contribution in [0.5, 0.6) is 0 Å². The smallest absolute Gasteiger partial charge is 0.343 e. The Morgan fingerprint density at radius 3 is 2.23 bits per heavy atom. The fourth-order valence-corrected chi connectivity index (χ4v) is 10.1. The Labute approximate surface area is 449 Å². The van der Waals surface area contributed by atoms with Crippen molar-refractivity contribution in [2.24, 2.45) is 0 Å². The van der Waals surface area contributed by atoms with E-state index in [0.29, 0.717) is 67.8 Å². The number of rotatable bonds is 23. The van der Waals surface area contributed by atoms with Crippen molar-refractivity contribution < 1.29 is 72.0 Å². The molecular weight excluding hydrogens is 1040 g/mol. The summed E-state index contributed by atoms with van der Waals surface area (Å²) in [5.74, 6) is -8.97. The number of amides is 8. The zero-order valence-electron chi connectivity index (χ0n) is 43.1. The second kappa shape index (κ2) is 23.9. The lowest BCUT2D eigenvalue weighted by Crippen LogP contribution is -2.56. The van der Waals surface area contributed by atoms with E-state index in [1.165, 1.54) is 10.6 Å². The number of benzene rings is 2. The van der Waals surface area contributed by atoms with Crippen molar-refractivity contribution in [1.29, 1.82) is 0 Å². The van der Waals surface area contributed by atoms with E-state index in [1.54, 1.807) is 57.2 Å². The molecule has 0 fully saturated rings. The van der Waals surface area contributed by atoms with Gasteiger partial charge in [-0.2, -0.15) is 0 Å². The number of carbonyl (C=O) groups is 10. The van der Waals surface area contributed by atoms with Crippen LogP contribution in [0.1, 0.15) is 78.1 Å². The molecule has 416 valence electrons. The first-order chi connectivity index (χ1) is 37.7. The molecule has 0 saturated heterocycles. The molecule has 0 bridgehead atoms. The second-order valence-electron chi connectivity index (χ2n) is 19.2. The first-order valence-electron chi connectivity index (χ1n) is 25.4. The van der Waals surface area contributed by atoms with Crippen molar-refractivity contribution in [3.63, 3.8) is 0 Å². The Balaban J connectivity index is 0.860. The summed E-state index contributed by atoms with van der Waals surface area (Å²) in [4.78, 5) is 147. The number of fused-ring (bicyclic) bond motifs is 5. The van der Waals surface area contributed by atoms with Crippen LogP contribution in [0.2, 0.25) is 0 Å². The third-order valence-electron chi connectivity index (χ3n) is 14.2. The van der Waals surface area contributed by atoms with Crippen molar-refractivity contribution in [2.75, 3.05) is 39.5 Å². The van der Waals surface area contributed by atoms with Gasteiger partial charge in [-0.3, -0.25) is 52.8 Å². The number of nitrogens with zero attached hydrogens (tertiary/aromatic N) is 3. The van der Waals surface area contributed by atoms with Gasteiger partial charge in [0.25, 0.3) is 17.4 Å². The van der Waals surface area contributed by atoms with Crippen LogP contribution < -0.4 is 42.8 Å². The van der Waals surface area contributed by atoms with Crippen molar-refractivity contribution in [3.05, 3.63) is 110 Å². The van der Waals surface area contributed by atoms with Crippen LogP contribution in [0, 0.1) is 12.7 Å². The highest BCUT2D eigenvalue weighted by molar-refractivity contribution is 6.15. The first-order valence-corrected chi connectivity index (χ1v) is 25.4. The predicted octanol–water partition coefficient (Wildman–Crippen LogP) is -1.46. The number of carboxylic acid groups (broad SMARTS) is 1. The molecular formula is C53H57FN10O15. The fraction of sp³-hybridized carbons (Fsp3) is 0.396. The number of imide groups is 1. The Hall–Kier alpha value is -8.75. The van der Waals surface area contributed by atoms with E-state index < -0.39 is 140 Å². The molecule has 2 aromatic heterocycles. The highest BCUT2D eigenvalue weighted by Crippen LogP contribution is 2.46. The van der Waals surface area contributed by atoms with E-state index >= 15 is 4.39 Å². The number of esters is 1. The van der Waals surface area contributed by atoms with E-state index in [2.05, 4.69) is 37.2 Å². The summed E-state index contributed by atoms with van der Waals surface area (Å²) < 4.78 is 28.0. The standard InChI is InChI=1S/C53H57FN10O15/c1-4-38(50(74)62-33-12-11-28-26(3)32(54)17-34-45(28)46(33)29-23-63-36(47(29)61-34)16-31-30(51(63)75)24-78-52(76)53(31,77)5-2)79-25-59-40(66)20-57-48(72)35(15-27-9-7-6-8-10-27)60-41(67)21-56-39(65)19-58-49(73)37(18-55-22-44(70)71)64-42(68)13-14-43(64)69/h6-10,13-14,16-17,33,35,37-38,55,77H,4-5,11-12,15,18-25H2,1-3H3,(H,56,65)(H,57,72)(H,58,73)(H,59,66)(H,60,67)(H,62,74)(H,70,71)/t33-,35-,37+,38+,53-/m0/s1. The van der Waals surface area contributed by atoms with Crippen LogP contribution >= 0.6 is 0 Å². The number of halogens is 1. The zero-order valence-corrected chi connectivity index (χ0v) is 43.1. The van der Waals surface area contributed by atoms with Gasteiger partial charge in [-0.25, -0.2) is 14.2 Å². The highest BCUT2D eigenvalue weighted by Gasteiger charge is 2.46. The number of aliphatic hydroxyl groups is 1. The Morgan fingerprint density at radius 2 is 1.54 bits per heavy atom. The maximum atomic E-state index is 15.5. The Bertz CT molecular complexity index is 3280. The molecule has 0 saturated carbocycles. The fourth-order valence-electron chi connectivity index (χ4n) is 10.1. The lowest BCUT2D eigenvalue weighted by atomic mass is 9.81. The maximum absolute atomic E-state index is 15.5. The summed E-state index contributed by atoms with van der Waals surface area (Å²) in [7, 11) is 0. The summed E-state index contributed by atoms with van der Waals surface area (Å²) in [5, 5.41) is 38.5. The normalized spacial score (nSPS) is 17.9. The van der Waals surface area contributed by atoms with E-state index in [4.69, 9.17) is 19.6 Å². The van der Waals surface area contributed by atoms with Crippen LogP contribution in [-0.2, 0) is 89.0 Å². The number of aliphatic carboxylic acids is 1. The van der Waals surface area contributed by atoms with Crippen molar-refractivity contribution in [3.8, 4) is 11.4 Å². The van der Waals surface area contributed by atoms with Gasteiger partial charge in [0.1, 0.15) is 37.3 Å². The topological polar surface area (TPSA) is 352 Å². The highest BCUT2D eigenvalue weighted by atomic mass is 19.1. The molecule has 26 heteroatoms. The molecule has 5 heterocycles. The van der Waals surface area contributed by atoms with Gasteiger partial charge in [0, 0.05) is 47.7 Å². The molecule has 0 spiro atoms. The molecule has 8 rings (SSSR count). The summed E-state index contributed by atoms with van der Waals surface area (Å²) in [6.07, 6.45) is 1.55. The molecule has 0 radical (unpaired) electrons. The monoisotopic (exact) mass is 1090 g/mol. The Kier molecular flexibility index (Phi) is 17.1. The molecule has 79 heavy (non-hydrogen) atoms. The minimum absolute atomic E-state index is 0.0301. The number of hydrogen-bond acceptors (Lipinski definition) is 16. The van der Waals surface area contributed by atoms with Gasteiger partial charge in [-0.1, -0.05) is 44.2 Å². The number of carboxylic acids is 1. The number of aryl methyl sites for hydroxylation is 1. The summed E-state index contributed by atoms with van der Waals surface area (Å²) in [5.41, 5.74) is 1.62. The third-order valence-corrected chi connectivity index (χ3v) is 14.2. The zero-order chi connectivity index (χ0) is 56.9. The second-order valence-corrected chi connectivity index (χ2v) is 19.2. The SMILES string of the molecule is CC[C@@H](OCNC(=O)CNC(=O)[C@H](Cc1ccccc1)NC(=O)CNC(=O)CNC(=O)[C@@H](CNCC(=O)O)N1C(=O)C=CC1=O)C(=O)N[C@H]1CCc2c(C)c(F)cc3nc4c(c1c23)Cn1c-4cc2c(c1=O)COC(=O)[C@]2(O)CC. The minimum Gasteiger partial charge on any atom is -0.480 e. The number of ether oxygens (including phenoxy) is 2. The molecule has 5 atom stereocenters. The van der Waals surface area contributed by atoms with Crippen LogP contribution in [0.25, 0.3) is 22.3 Å². The first kappa shape index (κ1) is 56.5. The van der Waals surface area contributed by atoms with Gasteiger partial charge in [0.15, 0.2) is 5.60 Å². The molecule has 0 unspecified atom stereocenters. The molecule has 25 nitrogen and oxygen atoms in total. The van der Waals surface area contributed by atoms with Crippen molar-refractivity contribution in [2.45, 2.75) is 95.9 Å². The van der Waals surface area contributed by atoms with Crippen molar-refractivity contribution in [1.82, 2.24) is 51.7 Å². The van der Waals surface area contributed by atoms with Crippen LogP contribution in [0.3, 0.4) is 0 Å². The number of cyclic esters (lactones) is 1. The summed E-state index contributed by atoms with van der Waals surface area (Å²) in [6.45, 7) is 1.19. The van der Waals surface area contributed by atoms with Crippen LogP contribution in [0.4, 0.5) is 4.39 Å². The molecule has 9 N–H and O–H groups in total. The number of aromatic nitrogens is 2. The van der Waals surface area contributed by atoms with E-state index in [0.717, 1.165) is 12.2 Å². The van der Waals surface area contributed by atoms with Gasteiger partial charge in [-0.05, 0) is 60.9 Å². The molecule has 8 amide bonds. The van der Waals surface area contributed by atoms with E-state index in [9.17, 15) is 57.8 Å². The maximum Gasteiger partial charge on any atom is 0.343 e. The number of pyridine rings is 2. The molecule has 4 aromatic rings. The molecule has 3 aliphatic heterocycles. The summed E-state index contributed by atoms with van der Waals surface area (Å²) >= 11 is 0. The van der Waals surface area contributed by atoms with Crippen molar-refractivity contribution >= 4 is 70.1 Å². The number of carbonyl (C=O) groups excluding carboxylic acids is 9. The van der Waals surface area contributed by atoms with Crippen LogP contribution in [0.15, 0.2) is 59.4 Å². The summed E-state index contributed by atoms with van der Waals surface area (Å²) in [6, 6.07) is 7.99. The number of nitrogens with one attached hydrogen (secondary N) is 7. The third kappa shape index (κ3) is 11.9.